The van der Waals surface area contributed by atoms with Crippen molar-refractivity contribution in [3.05, 3.63) is 22.6 Å². The maximum Gasteiger partial charge on any atom is 0.102 e. The average molecular weight is 148 g/mol. The third-order valence-corrected chi connectivity index (χ3v) is 1.06. The Balaban J connectivity index is 4.25. The average Bonchev–Trinajstić information content (AvgIpc) is 1.63. The number of hydrogen-bond acceptors (Lipinski definition) is 3. The van der Waals surface area contributed by atoms with Gasteiger partial charge in [0.2, 0.25) is 0 Å². The van der Waals surface area contributed by atoms with Crippen LogP contribution in [-0.4, -0.2) is 0 Å². The molecule has 9 heavy (non-hydrogen) atoms. The van der Waals surface area contributed by atoms with Crippen LogP contribution in [0.3, 0.4) is 0 Å². The predicted octanol–water partition coefficient (Wildman–Crippen LogP) is 0.174. The molecule has 0 bridgehead atoms. The molecule has 0 aliphatic heterocycles. The zero-order valence-electron chi connectivity index (χ0n) is 5.19. The Bertz CT molecular complexity index is 152. The van der Waals surface area contributed by atoms with E-state index in [9.17, 15) is 0 Å². The van der Waals surface area contributed by atoms with Gasteiger partial charge in [-0.1, -0.05) is 11.6 Å². The second-order valence-electron chi connectivity index (χ2n) is 1.68. The van der Waals surface area contributed by atoms with Crippen LogP contribution >= 0.6 is 11.6 Å². The molecule has 0 aromatic rings. The lowest BCUT2D eigenvalue weighted by Crippen LogP contribution is -2.08. The first-order chi connectivity index (χ1) is 4.04. The first-order valence-corrected chi connectivity index (χ1v) is 2.76. The summed E-state index contributed by atoms with van der Waals surface area (Å²) in [5.41, 5.74) is 16.1. The van der Waals surface area contributed by atoms with Crippen molar-refractivity contribution >= 4 is 11.6 Å². The normalized spacial score (nSPS) is 12.2. The molecule has 0 saturated heterocycles. The smallest absolute Gasteiger partial charge is 0.102 e. The Morgan fingerprint density at radius 2 is 1.78 bits per heavy atom. The fourth-order valence-corrected chi connectivity index (χ4v) is 0.373. The lowest BCUT2D eigenvalue weighted by atomic mass is 10.3. The zero-order valence-corrected chi connectivity index (χ0v) is 5.94. The molecule has 0 aliphatic rings. The number of allylic oxidation sites excluding steroid dienone is 2. The molecule has 0 spiro atoms. The summed E-state index contributed by atoms with van der Waals surface area (Å²) in [5, 5.41) is 0.211. The standard InChI is InChI=1S/C5H10ClN3/c1-3(5(6)9)2-4(7)8/h2H,7-9H2,1H3/b5-3-. The van der Waals surface area contributed by atoms with E-state index in [1.807, 2.05) is 0 Å². The van der Waals surface area contributed by atoms with E-state index in [2.05, 4.69) is 0 Å². The van der Waals surface area contributed by atoms with Gasteiger partial charge >= 0.3 is 0 Å². The molecule has 0 unspecified atom stereocenters. The van der Waals surface area contributed by atoms with Crippen molar-refractivity contribution in [1.82, 2.24) is 0 Å². The second kappa shape index (κ2) is 3.25. The van der Waals surface area contributed by atoms with Gasteiger partial charge in [0.15, 0.2) is 0 Å². The molecule has 0 aromatic heterocycles. The molecule has 0 rings (SSSR count). The van der Waals surface area contributed by atoms with Gasteiger partial charge in [-0.05, 0) is 18.6 Å². The van der Waals surface area contributed by atoms with Gasteiger partial charge in [-0.25, -0.2) is 0 Å². The predicted molar refractivity (Wildman–Crippen MR) is 39.2 cm³/mol. The molecule has 0 aliphatic carbocycles. The Morgan fingerprint density at radius 1 is 1.33 bits per heavy atom. The molecule has 0 saturated carbocycles. The van der Waals surface area contributed by atoms with Gasteiger partial charge in [-0.15, -0.1) is 0 Å². The molecule has 0 fully saturated rings. The monoisotopic (exact) mass is 147 g/mol. The summed E-state index contributed by atoms with van der Waals surface area (Å²) in [6.45, 7) is 1.72. The van der Waals surface area contributed by atoms with Crippen molar-refractivity contribution in [2.24, 2.45) is 17.2 Å². The van der Waals surface area contributed by atoms with E-state index >= 15 is 0 Å². The molecular weight excluding hydrogens is 138 g/mol. The molecule has 0 amide bonds. The van der Waals surface area contributed by atoms with Crippen molar-refractivity contribution in [3.8, 4) is 0 Å². The summed E-state index contributed by atoms with van der Waals surface area (Å²) in [7, 11) is 0. The lowest BCUT2D eigenvalue weighted by molar-refractivity contribution is 1.22. The zero-order chi connectivity index (χ0) is 7.44. The largest absolute Gasteiger partial charge is 0.389 e. The fraction of sp³-hybridized carbons (Fsp3) is 0.200. The number of halogens is 1. The van der Waals surface area contributed by atoms with E-state index in [0.29, 0.717) is 5.57 Å². The van der Waals surface area contributed by atoms with Crippen LogP contribution in [0.2, 0.25) is 0 Å². The highest BCUT2D eigenvalue weighted by Gasteiger charge is 1.88. The maximum atomic E-state index is 5.37. The molecule has 0 aromatic carbocycles. The van der Waals surface area contributed by atoms with Gasteiger partial charge in [0, 0.05) is 0 Å². The minimum Gasteiger partial charge on any atom is -0.389 e. The van der Waals surface area contributed by atoms with Gasteiger partial charge in [-0.2, -0.15) is 0 Å². The second-order valence-corrected chi connectivity index (χ2v) is 2.08. The van der Waals surface area contributed by atoms with Crippen molar-refractivity contribution in [2.45, 2.75) is 6.92 Å². The quantitative estimate of drug-likeness (QED) is 0.366. The van der Waals surface area contributed by atoms with Crippen LogP contribution in [0.5, 0.6) is 0 Å². The summed E-state index contributed by atoms with van der Waals surface area (Å²) in [4.78, 5) is 0. The minimum atomic E-state index is 0.205. The molecular formula is C5H10ClN3. The van der Waals surface area contributed by atoms with Crippen LogP contribution in [0.4, 0.5) is 0 Å². The van der Waals surface area contributed by atoms with Crippen molar-refractivity contribution in [1.29, 1.82) is 0 Å². The van der Waals surface area contributed by atoms with Gasteiger partial charge in [-0.3, -0.25) is 0 Å². The summed E-state index contributed by atoms with van der Waals surface area (Å²) in [6, 6.07) is 0. The third-order valence-electron chi connectivity index (χ3n) is 0.760. The van der Waals surface area contributed by atoms with Gasteiger partial charge in [0.05, 0.1) is 5.82 Å². The SMILES string of the molecule is C/C(C=C(N)N)=C(/N)Cl. The molecule has 0 atom stereocenters. The summed E-state index contributed by atoms with van der Waals surface area (Å²) in [6.07, 6.45) is 1.50. The van der Waals surface area contributed by atoms with Crippen molar-refractivity contribution in [2.75, 3.05) is 0 Å². The van der Waals surface area contributed by atoms with Crippen LogP contribution in [0, 0.1) is 0 Å². The third kappa shape index (κ3) is 3.73. The molecule has 0 heterocycles. The van der Waals surface area contributed by atoms with Crippen LogP contribution in [0.1, 0.15) is 6.92 Å². The van der Waals surface area contributed by atoms with E-state index < -0.39 is 0 Å². The van der Waals surface area contributed by atoms with E-state index in [-0.39, 0.29) is 11.0 Å². The highest BCUT2D eigenvalue weighted by Crippen LogP contribution is 2.02. The summed E-state index contributed by atoms with van der Waals surface area (Å²) >= 11 is 5.37. The maximum absolute atomic E-state index is 5.37. The van der Waals surface area contributed by atoms with Crippen LogP contribution in [0.15, 0.2) is 22.6 Å². The highest BCUT2D eigenvalue weighted by atomic mass is 35.5. The molecule has 52 valence electrons. The summed E-state index contributed by atoms with van der Waals surface area (Å²) < 4.78 is 0. The molecule has 4 heteroatoms. The van der Waals surface area contributed by atoms with E-state index in [4.69, 9.17) is 28.8 Å². The Morgan fingerprint density at radius 3 is 1.89 bits per heavy atom. The van der Waals surface area contributed by atoms with Crippen LogP contribution < -0.4 is 17.2 Å². The number of nitrogens with two attached hydrogens (primary N) is 3. The van der Waals surface area contributed by atoms with E-state index in [1.54, 1.807) is 6.92 Å². The lowest BCUT2D eigenvalue weighted by Gasteiger charge is -1.93. The first kappa shape index (κ1) is 8.17. The highest BCUT2D eigenvalue weighted by molar-refractivity contribution is 6.29. The van der Waals surface area contributed by atoms with Gasteiger partial charge < -0.3 is 17.2 Å². The Labute approximate surface area is 59.1 Å². The van der Waals surface area contributed by atoms with Crippen molar-refractivity contribution < 1.29 is 0 Å². The molecule has 0 radical (unpaired) electrons. The van der Waals surface area contributed by atoms with Crippen LogP contribution in [-0.2, 0) is 0 Å². The first-order valence-electron chi connectivity index (χ1n) is 2.38. The van der Waals surface area contributed by atoms with Gasteiger partial charge in [0.25, 0.3) is 0 Å². The van der Waals surface area contributed by atoms with Gasteiger partial charge in [0.1, 0.15) is 5.16 Å². The van der Waals surface area contributed by atoms with Crippen molar-refractivity contribution in [3.63, 3.8) is 0 Å². The van der Waals surface area contributed by atoms with E-state index in [1.165, 1.54) is 6.08 Å². The Hall–Kier alpha value is -0.830. The van der Waals surface area contributed by atoms with Crippen LogP contribution in [0.25, 0.3) is 0 Å². The molecule has 3 nitrogen and oxygen atoms in total. The fourth-order valence-electron chi connectivity index (χ4n) is 0.319. The minimum absolute atomic E-state index is 0.205. The number of rotatable bonds is 1. The number of hydrogen-bond donors (Lipinski definition) is 3. The summed E-state index contributed by atoms with van der Waals surface area (Å²) in [5.74, 6) is 0.205. The topological polar surface area (TPSA) is 78.1 Å². The van der Waals surface area contributed by atoms with E-state index in [0.717, 1.165) is 0 Å². The molecule has 6 N–H and O–H groups in total. The Kier molecular flexibility index (Phi) is 2.95.